The molecule has 2 aliphatic heterocycles. The first-order valence-corrected chi connectivity index (χ1v) is 5.47. The second kappa shape index (κ2) is 7.02. The summed E-state index contributed by atoms with van der Waals surface area (Å²) in [6, 6.07) is 0. The first kappa shape index (κ1) is 18.3. The number of fused-ring (bicyclic) bond motifs is 1. The Morgan fingerprint density at radius 2 is 1.61 bits per heavy atom. The summed E-state index contributed by atoms with van der Waals surface area (Å²) in [5.74, 6) is -5.73. The van der Waals surface area contributed by atoms with Crippen LogP contribution in [-0.2, 0) is 14.3 Å². The predicted octanol–water partition coefficient (Wildman–Crippen LogP) is 2.29. The van der Waals surface area contributed by atoms with Crippen LogP contribution in [0.2, 0.25) is 0 Å². The molecule has 0 spiro atoms. The van der Waals surface area contributed by atoms with Gasteiger partial charge in [-0.2, -0.15) is 31.5 Å². The van der Waals surface area contributed by atoms with Gasteiger partial charge in [0.25, 0.3) is 5.96 Å². The van der Waals surface area contributed by atoms with Gasteiger partial charge >= 0.3 is 24.3 Å². The van der Waals surface area contributed by atoms with Crippen LogP contribution in [-0.4, -0.2) is 41.8 Å². The van der Waals surface area contributed by atoms with Crippen molar-refractivity contribution in [3.63, 3.8) is 0 Å². The van der Waals surface area contributed by atoms with Crippen molar-refractivity contribution in [3.05, 3.63) is 24.6 Å². The molecule has 23 heavy (non-hydrogen) atoms. The zero-order valence-electron chi connectivity index (χ0n) is 10.8. The summed E-state index contributed by atoms with van der Waals surface area (Å²) in [5.41, 5.74) is 0. The Balaban J connectivity index is 0.000000235. The topological polar surface area (TPSA) is 83.7 Å². The molecule has 2 aliphatic rings. The normalized spacial score (nSPS) is 16.1. The third-order valence-electron chi connectivity index (χ3n) is 1.93. The first-order valence-electron chi connectivity index (χ1n) is 5.47. The van der Waals surface area contributed by atoms with E-state index in [1.165, 1.54) is 0 Å². The summed E-state index contributed by atoms with van der Waals surface area (Å²) < 4.78 is 69.7. The number of carbonyl (C=O) groups is 2. The third-order valence-corrected chi connectivity index (χ3v) is 1.93. The molecule has 7 nitrogen and oxygen atoms in total. The molecule has 2 rings (SSSR count). The smallest absolute Gasteiger partial charge is 0.380 e. The van der Waals surface area contributed by atoms with Gasteiger partial charge in [-0.15, -0.1) is 5.11 Å². The van der Waals surface area contributed by atoms with E-state index in [2.05, 4.69) is 20.0 Å². The van der Waals surface area contributed by atoms with Crippen LogP contribution in [0, 0.1) is 0 Å². The molecular formula is C10H6F6N4O3. The van der Waals surface area contributed by atoms with Gasteiger partial charge < -0.3 is 4.74 Å². The number of hydrogen-bond acceptors (Lipinski definition) is 7. The fraction of sp³-hybridized carbons (Fsp3) is 0.300. The standard InChI is InChI=1S/C6H6N4.C4F6O3/c1-2-4-10-5-8-9-6(10)7-3-1;5-3(6,7)1(11)13-2(12)4(8,9)10/h1-4H,5H2;. The number of aliphatic imine (C=N–C) groups is 1. The van der Waals surface area contributed by atoms with Gasteiger partial charge in [0.1, 0.15) is 6.67 Å². The van der Waals surface area contributed by atoms with Gasteiger partial charge in [0, 0.05) is 12.4 Å². The largest absolute Gasteiger partial charge is 0.491 e. The molecule has 0 atom stereocenters. The third kappa shape index (κ3) is 5.88. The molecule has 0 aromatic heterocycles. The molecule has 13 heteroatoms. The number of halogens is 6. The van der Waals surface area contributed by atoms with E-state index in [9.17, 15) is 35.9 Å². The highest BCUT2D eigenvalue weighted by Crippen LogP contribution is 2.21. The summed E-state index contributed by atoms with van der Waals surface area (Å²) in [6.07, 6.45) is -3.87. The minimum absolute atomic E-state index is 0.594. The monoisotopic (exact) mass is 344 g/mol. The molecule has 0 aliphatic carbocycles. The minimum Gasteiger partial charge on any atom is -0.380 e. The molecule has 0 aromatic carbocycles. The SMILES string of the molecule is C1=CN=C2N=NCN2C=C1.O=C(OC(=O)C(F)(F)F)C(F)(F)F. The fourth-order valence-electron chi connectivity index (χ4n) is 1.01. The number of azo groups is 1. The number of rotatable bonds is 0. The maximum absolute atomic E-state index is 11.2. The Hall–Kier alpha value is -2.73. The van der Waals surface area contributed by atoms with Crippen LogP contribution in [0.1, 0.15) is 0 Å². The van der Waals surface area contributed by atoms with Crippen LogP contribution in [0.3, 0.4) is 0 Å². The van der Waals surface area contributed by atoms with Crippen LogP contribution in [0.15, 0.2) is 39.8 Å². The highest BCUT2D eigenvalue weighted by Gasteiger charge is 2.49. The first-order chi connectivity index (χ1) is 10.5. The average molecular weight is 344 g/mol. The van der Waals surface area contributed by atoms with Gasteiger partial charge in [0.05, 0.1) is 0 Å². The van der Waals surface area contributed by atoms with Gasteiger partial charge in [-0.05, 0) is 12.2 Å². The maximum Gasteiger partial charge on any atom is 0.491 e. The van der Waals surface area contributed by atoms with Crippen molar-refractivity contribution in [3.8, 4) is 0 Å². The Kier molecular flexibility index (Phi) is 5.59. The average Bonchev–Trinajstić information content (AvgIpc) is 2.74. The van der Waals surface area contributed by atoms with Crippen molar-refractivity contribution in [2.24, 2.45) is 15.2 Å². The number of carbonyl (C=O) groups excluding carboxylic acids is 2. The molecule has 126 valence electrons. The highest BCUT2D eigenvalue weighted by atomic mass is 19.4. The second-order valence-electron chi connectivity index (χ2n) is 3.64. The van der Waals surface area contributed by atoms with E-state index in [1.807, 2.05) is 23.3 Å². The van der Waals surface area contributed by atoms with E-state index in [4.69, 9.17) is 0 Å². The Morgan fingerprint density at radius 3 is 2.13 bits per heavy atom. The van der Waals surface area contributed by atoms with Gasteiger partial charge in [-0.3, -0.25) is 4.90 Å². The molecule has 0 radical (unpaired) electrons. The lowest BCUT2D eigenvalue weighted by molar-refractivity contribution is -0.221. The summed E-state index contributed by atoms with van der Waals surface area (Å²) in [6.45, 7) is 0.594. The lowest BCUT2D eigenvalue weighted by atomic mass is 10.6. The van der Waals surface area contributed by atoms with E-state index in [0.717, 1.165) is 0 Å². The number of nitrogens with zero attached hydrogens (tertiary/aromatic N) is 4. The summed E-state index contributed by atoms with van der Waals surface area (Å²) in [7, 11) is 0. The maximum atomic E-state index is 11.2. The molecule has 0 saturated heterocycles. The van der Waals surface area contributed by atoms with E-state index < -0.39 is 24.3 Å². The van der Waals surface area contributed by atoms with E-state index in [-0.39, 0.29) is 0 Å². The van der Waals surface area contributed by atoms with Crippen molar-refractivity contribution in [2.75, 3.05) is 6.67 Å². The molecule has 0 amide bonds. The van der Waals surface area contributed by atoms with E-state index >= 15 is 0 Å². The van der Waals surface area contributed by atoms with Crippen molar-refractivity contribution in [1.82, 2.24) is 4.90 Å². The van der Waals surface area contributed by atoms with Gasteiger partial charge in [-0.25, -0.2) is 14.6 Å². The van der Waals surface area contributed by atoms with Crippen LogP contribution in [0.25, 0.3) is 0 Å². The number of ether oxygens (including phenoxy) is 1. The van der Waals surface area contributed by atoms with E-state index in [1.54, 1.807) is 6.20 Å². The Labute approximate surface area is 123 Å². The van der Waals surface area contributed by atoms with Crippen molar-refractivity contribution in [2.45, 2.75) is 12.4 Å². The zero-order chi connectivity index (χ0) is 17.7. The molecule has 0 saturated carbocycles. The number of alkyl halides is 6. The number of allylic oxidation sites excluding steroid dienone is 2. The number of esters is 2. The summed E-state index contributed by atoms with van der Waals surface area (Å²) in [5, 5.41) is 7.62. The predicted molar refractivity (Wildman–Crippen MR) is 60.5 cm³/mol. The molecule has 0 N–H and O–H groups in total. The summed E-state index contributed by atoms with van der Waals surface area (Å²) in [4.78, 5) is 25.2. The molecule has 0 aromatic rings. The lowest BCUT2D eigenvalue weighted by Gasteiger charge is -2.06. The van der Waals surface area contributed by atoms with Crippen LogP contribution in [0.5, 0.6) is 0 Å². The lowest BCUT2D eigenvalue weighted by Crippen LogP contribution is -2.34. The Bertz CT molecular complexity index is 566. The summed E-state index contributed by atoms with van der Waals surface area (Å²) >= 11 is 0. The van der Waals surface area contributed by atoms with Crippen molar-refractivity contribution in [1.29, 1.82) is 0 Å². The number of guanidine groups is 1. The van der Waals surface area contributed by atoms with Crippen LogP contribution < -0.4 is 0 Å². The zero-order valence-corrected chi connectivity index (χ0v) is 10.8. The van der Waals surface area contributed by atoms with Gasteiger partial charge in [-0.1, -0.05) is 0 Å². The molecular weight excluding hydrogens is 338 g/mol. The van der Waals surface area contributed by atoms with Crippen LogP contribution >= 0.6 is 0 Å². The molecule has 2 heterocycles. The quantitative estimate of drug-likeness (QED) is 0.383. The number of hydrogen-bond donors (Lipinski definition) is 0. The van der Waals surface area contributed by atoms with Crippen molar-refractivity contribution < 1.29 is 40.7 Å². The highest BCUT2D eigenvalue weighted by molar-refractivity contribution is 5.90. The fourth-order valence-corrected chi connectivity index (χ4v) is 1.01. The van der Waals surface area contributed by atoms with Crippen LogP contribution in [0.4, 0.5) is 26.3 Å². The second-order valence-corrected chi connectivity index (χ2v) is 3.64. The van der Waals surface area contributed by atoms with Gasteiger partial charge in [0.2, 0.25) is 0 Å². The molecule has 0 fully saturated rings. The molecule has 0 bridgehead atoms. The van der Waals surface area contributed by atoms with E-state index in [0.29, 0.717) is 12.6 Å². The Morgan fingerprint density at radius 1 is 1.04 bits per heavy atom. The minimum atomic E-state index is -5.62. The van der Waals surface area contributed by atoms with Crippen molar-refractivity contribution >= 4 is 17.9 Å². The molecule has 0 unspecified atom stereocenters. The van der Waals surface area contributed by atoms with Gasteiger partial charge in [0.15, 0.2) is 0 Å².